The van der Waals surface area contributed by atoms with Gasteiger partial charge >= 0.3 is 7.03 Å². The van der Waals surface area contributed by atoms with E-state index in [-0.39, 0.29) is 11.5 Å². The lowest BCUT2D eigenvalue weighted by molar-refractivity contribution is -0.137. The first-order chi connectivity index (χ1) is 14.9. The van der Waals surface area contributed by atoms with Crippen molar-refractivity contribution >= 4 is 30.1 Å². The second kappa shape index (κ2) is 8.48. The fourth-order valence-electron chi connectivity index (χ4n) is 3.42. The van der Waals surface area contributed by atoms with Gasteiger partial charge in [0.25, 0.3) is 5.97 Å². The van der Waals surface area contributed by atoms with Crippen molar-refractivity contribution in [1.29, 1.82) is 0 Å². The molecule has 5 nitrogen and oxygen atoms in total. The van der Waals surface area contributed by atoms with Crippen molar-refractivity contribution in [1.82, 2.24) is 4.58 Å². The van der Waals surface area contributed by atoms with E-state index in [0.717, 1.165) is 24.0 Å². The molecule has 0 radical (unpaired) electrons. The fourth-order valence-corrected chi connectivity index (χ4v) is 3.42. The molecule has 2 aliphatic rings. The molecular weight excluding hydrogens is 396 g/mol. The Labute approximate surface area is 180 Å². The highest BCUT2D eigenvalue weighted by atomic mass is 19.1. The zero-order chi connectivity index (χ0) is 21.8. The van der Waals surface area contributed by atoms with Gasteiger partial charge in [0.1, 0.15) is 0 Å². The van der Waals surface area contributed by atoms with E-state index in [1.54, 1.807) is 13.0 Å². The number of allylic oxidation sites excluding steroid dienone is 7. The van der Waals surface area contributed by atoms with Crippen LogP contribution in [0.15, 0.2) is 108 Å². The predicted molar refractivity (Wildman–Crippen MR) is 119 cm³/mol. The van der Waals surface area contributed by atoms with Gasteiger partial charge < -0.3 is 18.3 Å². The summed E-state index contributed by atoms with van der Waals surface area (Å²) < 4.78 is 31.7. The smallest absolute Gasteiger partial charge is 0.622 e. The van der Waals surface area contributed by atoms with Crippen LogP contribution in [0.3, 0.4) is 0 Å². The van der Waals surface area contributed by atoms with E-state index in [1.165, 1.54) is 0 Å². The van der Waals surface area contributed by atoms with Crippen LogP contribution >= 0.6 is 0 Å². The lowest BCUT2D eigenvalue weighted by Gasteiger charge is -2.38. The Kier molecular flexibility index (Phi) is 5.58. The van der Waals surface area contributed by atoms with Crippen molar-refractivity contribution < 1.29 is 23.1 Å². The minimum Gasteiger partial charge on any atom is -0.622 e. The lowest BCUT2D eigenvalue weighted by Crippen LogP contribution is -2.44. The molecule has 156 valence electrons. The number of hydrogen-bond donors (Lipinski definition) is 0. The predicted octanol–water partition coefficient (Wildman–Crippen LogP) is 5.26. The maximum atomic E-state index is 14.8. The summed E-state index contributed by atoms with van der Waals surface area (Å²) in [5.74, 6) is -0.345. The molecule has 1 unspecified atom stereocenters. The van der Waals surface area contributed by atoms with Crippen molar-refractivity contribution in [2.75, 3.05) is 0 Å². The number of nitrogens with zero attached hydrogens (tertiary/aromatic N) is 1. The summed E-state index contributed by atoms with van der Waals surface area (Å²) >= 11 is 0. The molecule has 1 atom stereocenters. The van der Waals surface area contributed by atoms with E-state index in [1.807, 2.05) is 85.0 Å². The number of para-hydroxylation sites is 2. The van der Waals surface area contributed by atoms with Crippen LogP contribution in [-0.2, 0) is 18.8 Å². The second-order valence-corrected chi connectivity index (χ2v) is 7.07. The van der Waals surface area contributed by atoms with Gasteiger partial charge in [-0.15, -0.1) is 0 Å². The van der Waals surface area contributed by atoms with Gasteiger partial charge in [-0.1, -0.05) is 36.4 Å². The molecule has 1 aliphatic heterocycles. The van der Waals surface area contributed by atoms with Crippen LogP contribution in [-0.4, -0.2) is 18.7 Å². The van der Waals surface area contributed by atoms with Gasteiger partial charge in [0.05, 0.1) is 11.5 Å². The molecule has 0 amide bonds. The molecule has 0 N–H and O–H groups in total. The lowest BCUT2D eigenvalue weighted by atomic mass is 10.0. The molecule has 2 aromatic carbocycles. The Morgan fingerprint density at radius 3 is 1.97 bits per heavy atom. The second-order valence-electron chi connectivity index (χ2n) is 7.07. The Hall–Kier alpha value is -3.87. The first-order valence-electron chi connectivity index (χ1n) is 9.88. The molecule has 7 heteroatoms. The fraction of sp³-hybridized carbons (Fsp3) is 0.0833. The van der Waals surface area contributed by atoms with Gasteiger partial charge in [-0.05, 0) is 19.1 Å². The van der Waals surface area contributed by atoms with Crippen molar-refractivity contribution in [2.24, 2.45) is 0 Å². The number of rotatable bonds is 3. The SMILES string of the molecule is CC(=O)O[B-]1(F)OC(C)=CC(=C2C=CC(=[N+](c3ccccc3)c3ccccc3)C=C2)O1. The molecule has 1 heterocycles. The van der Waals surface area contributed by atoms with Crippen molar-refractivity contribution in [3.8, 4) is 0 Å². The standard InChI is InChI=1S/C24H21BFNO4/c1-18-17-24(31-25(26,29-18)30-19(2)28)20-13-15-23(16-14-20)27(21-9-5-3-6-10-21)22-11-7-4-8-12-22/h3-17H,1-2H3. The summed E-state index contributed by atoms with van der Waals surface area (Å²) in [5.41, 5.74) is 3.57. The van der Waals surface area contributed by atoms with E-state index in [4.69, 9.17) is 9.31 Å². The molecule has 2 aromatic rings. The molecule has 0 saturated heterocycles. The maximum Gasteiger partial charge on any atom is 0.753 e. The van der Waals surface area contributed by atoms with Gasteiger partial charge in [-0.2, -0.15) is 4.58 Å². The topological polar surface area (TPSA) is 47.8 Å². The molecule has 0 aromatic heterocycles. The molecule has 4 rings (SSSR count). The van der Waals surface area contributed by atoms with E-state index in [9.17, 15) is 9.11 Å². The quantitative estimate of drug-likeness (QED) is 0.505. The molecule has 0 fully saturated rings. The monoisotopic (exact) mass is 417 g/mol. The number of hydrogen-bond acceptors (Lipinski definition) is 4. The summed E-state index contributed by atoms with van der Waals surface area (Å²) in [6.07, 6.45) is 9.04. The van der Waals surface area contributed by atoms with Gasteiger partial charge in [0.15, 0.2) is 0 Å². The largest absolute Gasteiger partial charge is 0.753 e. The molecule has 31 heavy (non-hydrogen) atoms. The Bertz CT molecular complexity index is 1090. The van der Waals surface area contributed by atoms with Crippen LogP contribution < -0.4 is 4.58 Å². The maximum absolute atomic E-state index is 14.8. The third-order valence-electron chi connectivity index (χ3n) is 4.67. The van der Waals surface area contributed by atoms with Gasteiger partial charge in [0, 0.05) is 55.0 Å². The first-order valence-corrected chi connectivity index (χ1v) is 9.88. The molecule has 0 saturated carbocycles. The Balaban J connectivity index is 1.73. The average molecular weight is 417 g/mol. The van der Waals surface area contributed by atoms with Crippen LogP contribution in [0, 0.1) is 0 Å². The Morgan fingerprint density at radius 1 is 0.903 bits per heavy atom. The number of halogens is 1. The van der Waals surface area contributed by atoms with Gasteiger partial charge in [-0.3, -0.25) is 4.79 Å². The summed E-state index contributed by atoms with van der Waals surface area (Å²) in [5, 5.41) is 0. The molecule has 1 aliphatic carbocycles. The van der Waals surface area contributed by atoms with E-state index < -0.39 is 13.0 Å². The van der Waals surface area contributed by atoms with Crippen LogP contribution in [0.1, 0.15) is 13.8 Å². The zero-order valence-electron chi connectivity index (χ0n) is 17.2. The molecule has 0 spiro atoms. The van der Waals surface area contributed by atoms with Crippen molar-refractivity contribution in [3.05, 3.63) is 108 Å². The minimum atomic E-state index is -3.72. The summed E-state index contributed by atoms with van der Waals surface area (Å²) in [6.45, 7) is 2.67. The number of carbonyl (C=O) groups excluding carboxylic acids is 1. The van der Waals surface area contributed by atoms with Crippen molar-refractivity contribution in [2.45, 2.75) is 13.8 Å². The average Bonchev–Trinajstić information content (AvgIpc) is 2.74. The van der Waals surface area contributed by atoms with Crippen LogP contribution in [0.4, 0.5) is 15.7 Å². The minimum absolute atomic E-state index is 0.227. The number of benzene rings is 2. The third kappa shape index (κ3) is 4.66. The Morgan fingerprint density at radius 2 is 1.45 bits per heavy atom. The van der Waals surface area contributed by atoms with Crippen LogP contribution in [0.25, 0.3) is 0 Å². The summed E-state index contributed by atoms with van der Waals surface area (Å²) in [6, 6.07) is 20.0. The summed E-state index contributed by atoms with van der Waals surface area (Å²) in [7, 11) is -3.72. The molecule has 0 bridgehead atoms. The van der Waals surface area contributed by atoms with Crippen LogP contribution in [0.5, 0.6) is 0 Å². The first kappa shape index (κ1) is 20.4. The van der Waals surface area contributed by atoms with Crippen LogP contribution in [0.2, 0.25) is 0 Å². The highest BCUT2D eigenvalue weighted by Crippen LogP contribution is 2.30. The third-order valence-corrected chi connectivity index (χ3v) is 4.67. The highest BCUT2D eigenvalue weighted by Gasteiger charge is 2.42. The van der Waals surface area contributed by atoms with E-state index in [2.05, 4.69) is 9.23 Å². The molecular formula is C24H21BFNO4. The summed E-state index contributed by atoms with van der Waals surface area (Å²) in [4.78, 5) is 11.2. The van der Waals surface area contributed by atoms with Crippen molar-refractivity contribution in [3.63, 3.8) is 0 Å². The zero-order valence-corrected chi connectivity index (χ0v) is 17.2. The number of carbonyl (C=O) groups is 1. The highest BCUT2D eigenvalue weighted by molar-refractivity contribution is 6.55. The van der Waals surface area contributed by atoms with E-state index in [0.29, 0.717) is 5.57 Å². The van der Waals surface area contributed by atoms with E-state index >= 15 is 0 Å². The normalized spacial score (nSPS) is 20.0. The van der Waals surface area contributed by atoms with Gasteiger partial charge in [-0.25, -0.2) is 0 Å². The van der Waals surface area contributed by atoms with Gasteiger partial charge in [0.2, 0.25) is 17.1 Å².